The van der Waals surface area contributed by atoms with E-state index >= 15 is 0 Å². The molecule has 2 N–H and O–H groups in total. The highest BCUT2D eigenvalue weighted by molar-refractivity contribution is 6.35. The number of alkyl halides is 3. The zero-order valence-electron chi connectivity index (χ0n) is 7.48. The van der Waals surface area contributed by atoms with Gasteiger partial charge in [-0.25, -0.2) is 0 Å². The average Bonchev–Trinajstić information content (AvgIpc) is 2.07. The van der Waals surface area contributed by atoms with Gasteiger partial charge in [0, 0.05) is 16.6 Å². The molecule has 0 aliphatic carbocycles. The van der Waals surface area contributed by atoms with Crippen molar-refractivity contribution in [1.82, 2.24) is 0 Å². The van der Waals surface area contributed by atoms with Crippen molar-refractivity contribution in [3.8, 4) is 0 Å². The van der Waals surface area contributed by atoms with Crippen LogP contribution in [0, 0.1) is 0 Å². The molecule has 1 nitrogen and oxygen atoms in total. The summed E-state index contributed by atoms with van der Waals surface area (Å²) in [4.78, 5) is 0. The van der Waals surface area contributed by atoms with Crippen molar-refractivity contribution in [2.24, 2.45) is 5.73 Å². The third-order valence-corrected chi connectivity index (χ3v) is 2.53. The van der Waals surface area contributed by atoms with E-state index in [2.05, 4.69) is 0 Å². The van der Waals surface area contributed by atoms with Crippen LogP contribution in [0.3, 0.4) is 0 Å². The molecule has 0 bridgehead atoms. The maximum Gasteiger partial charge on any atom is 0.397 e. The number of rotatable bonds is 2. The van der Waals surface area contributed by atoms with Crippen molar-refractivity contribution < 1.29 is 13.2 Å². The van der Waals surface area contributed by atoms with Gasteiger partial charge in [0.15, 0.2) is 0 Å². The minimum atomic E-state index is -4.40. The van der Waals surface area contributed by atoms with Gasteiger partial charge in [-0.2, -0.15) is 13.2 Å². The zero-order chi connectivity index (χ0) is 11.6. The van der Waals surface area contributed by atoms with Crippen LogP contribution in [0.2, 0.25) is 10.0 Å². The highest BCUT2D eigenvalue weighted by Gasteiger charge is 2.40. The standard InChI is InChI=1S/C9H8Cl2F3N/c10-5-1-2-6(8(11)3-5)7(4-15)9(12,13)14/h1-3,7H,4,15H2. The minimum absolute atomic E-state index is 0.0183. The Morgan fingerprint density at radius 2 is 1.87 bits per heavy atom. The second-order valence-corrected chi connectivity index (χ2v) is 3.84. The second-order valence-electron chi connectivity index (χ2n) is 3.00. The molecule has 0 aliphatic rings. The van der Waals surface area contributed by atoms with E-state index in [0.717, 1.165) is 0 Å². The molecule has 0 saturated carbocycles. The molecule has 0 spiro atoms. The summed E-state index contributed by atoms with van der Waals surface area (Å²) >= 11 is 11.3. The highest BCUT2D eigenvalue weighted by atomic mass is 35.5. The first kappa shape index (κ1) is 12.6. The minimum Gasteiger partial charge on any atom is -0.330 e. The van der Waals surface area contributed by atoms with Crippen LogP contribution >= 0.6 is 23.2 Å². The molecular formula is C9H8Cl2F3N. The van der Waals surface area contributed by atoms with Gasteiger partial charge in [0.05, 0.1) is 5.92 Å². The number of nitrogens with two attached hydrogens (primary N) is 1. The number of hydrogen-bond donors (Lipinski definition) is 1. The van der Waals surface area contributed by atoms with Crippen LogP contribution in [0.15, 0.2) is 18.2 Å². The third-order valence-electron chi connectivity index (χ3n) is 1.97. The molecule has 1 aromatic carbocycles. The van der Waals surface area contributed by atoms with Crippen molar-refractivity contribution in [3.05, 3.63) is 33.8 Å². The van der Waals surface area contributed by atoms with Crippen LogP contribution < -0.4 is 5.73 Å². The van der Waals surface area contributed by atoms with Crippen molar-refractivity contribution in [1.29, 1.82) is 0 Å². The summed E-state index contributed by atoms with van der Waals surface area (Å²) in [6.07, 6.45) is -4.40. The molecule has 1 rings (SSSR count). The van der Waals surface area contributed by atoms with E-state index < -0.39 is 18.6 Å². The third kappa shape index (κ3) is 3.00. The highest BCUT2D eigenvalue weighted by Crippen LogP contribution is 2.37. The van der Waals surface area contributed by atoms with Crippen molar-refractivity contribution in [3.63, 3.8) is 0 Å². The number of benzene rings is 1. The Bertz CT molecular complexity index is 352. The molecule has 1 atom stereocenters. The summed E-state index contributed by atoms with van der Waals surface area (Å²) in [5.74, 6) is -1.75. The summed E-state index contributed by atoms with van der Waals surface area (Å²) < 4.78 is 37.5. The van der Waals surface area contributed by atoms with Crippen LogP contribution in [-0.2, 0) is 0 Å². The average molecular weight is 258 g/mol. The van der Waals surface area contributed by atoms with Crippen LogP contribution in [0.4, 0.5) is 13.2 Å². The molecule has 15 heavy (non-hydrogen) atoms. The van der Waals surface area contributed by atoms with Crippen LogP contribution in [-0.4, -0.2) is 12.7 Å². The Morgan fingerprint density at radius 1 is 1.27 bits per heavy atom. The van der Waals surface area contributed by atoms with Gasteiger partial charge in [-0.05, 0) is 17.7 Å². The van der Waals surface area contributed by atoms with E-state index in [9.17, 15) is 13.2 Å². The molecule has 0 heterocycles. The Morgan fingerprint density at radius 3 is 2.27 bits per heavy atom. The topological polar surface area (TPSA) is 26.0 Å². The van der Waals surface area contributed by atoms with Gasteiger partial charge in [0.1, 0.15) is 0 Å². The van der Waals surface area contributed by atoms with Gasteiger partial charge < -0.3 is 5.73 Å². The Hall–Kier alpha value is -0.450. The lowest BCUT2D eigenvalue weighted by Gasteiger charge is -2.19. The van der Waals surface area contributed by atoms with E-state index in [-0.39, 0.29) is 10.6 Å². The van der Waals surface area contributed by atoms with Gasteiger partial charge in [0.2, 0.25) is 0 Å². The molecule has 0 aliphatic heterocycles. The van der Waals surface area contributed by atoms with E-state index in [1.54, 1.807) is 0 Å². The molecule has 6 heteroatoms. The van der Waals surface area contributed by atoms with Gasteiger partial charge in [-0.1, -0.05) is 29.3 Å². The Labute approximate surface area is 95.0 Å². The van der Waals surface area contributed by atoms with Gasteiger partial charge >= 0.3 is 6.18 Å². The molecule has 84 valence electrons. The lowest BCUT2D eigenvalue weighted by molar-refractivity contribution is -0.148. The first-order chi connectivity index (χ1) is 6.86. The SMILES string of the molecule is NCC(c1ccc(Cl)cc1Cl)C(F)(F)F. The lowest BCUT2D eigenvalue weighted by atomic mass is 9.99. The van der Waals surface area contributed by atoms with Crippen LogP contribution in [0.25, 0.3) is 0 Å². The summed E-state index contributed by atoms with van der Waals surface area (Å²) in [7, 11) is 0. The molecule has 1 aromatic rings. The smallest absolute Gasteiger partial charge is 0.330 e. The predicted octanol–water partition coefficient (Wildman–Crippen LogP) is 3.60. The molecule has 0 radical (unpaired) electrons. The van der Waals surface area contributed by atoms with Crippen molar-refractivity contribution >= 4 is 23.2 Å². The fourth-order valence-electron chi connectivity index (χ4n) is 1.22. The van der Waals surface area contributed by atoms with Crippen LogP contribution in [0.1, 0.15) is 11.5 Å². The fraction of sp³-hybridized carbons (Fsp3) is 0.333. The first-order valence-corrected chi connectivity index (χ1v) is 4.83. The summed E-state index contributed by atoms with van der Waals surface area (Å²) in [6.45, 7) is -0.537. The quantitative estimate of drug-likeness (QED) is 0.861. The number of halogens is 5. The maximum absolute atomic E-state index is 12.5. The van der Waals surface area contributed by atoms with Crippen molar-refractivity contribution in [2.75, 3.05) is 6.54 Å². The molecule has 0 saturated heterocycles. The Balaban J connectivity index is 3.13. The summed E-state index contributed by atoms with van der Waals surface area (Å²) in [5, 5.41) is 0.275. The van der Waals surface area contributed by atoms with E-state index in [0.29, 0.717) is 5.02 Å². The fourth-order valence-corrected chi connectivity index (χ4v) is 1.76. The monoisotopic (exact) mass is 257 g/mol. The molecule has 0 aromatic heterocycles. The normalized spacial score (nSPS) is 14.0. The Kier molecular flexibility index (Phi) is 3.87. The van der Waals surface area contributed by atoms with E-state index in [1.807, 2.05) is 0 Å². The second kappa shape index (κ2) is 4.60. The molecule has 0 amide bonds. The zero-order valence-corrected chi connectivity index (χ0v) is 9.00. The molecular weight excluding hydrogens is 250 g/mol. The van der Waals surface area contributed by atoms with E-state index in [4.69, 9.17) is 28.9 Å². The van der Waals surface area contributed by atoms with Crippen LogP contribution in [0.5, 0.6) is 0 Å². The summed E-state index contributed by atoms with van der Waals surface area (Å²) in [6, 6.07) is 3.87. The van der Waals surface area contributed by atoms with Gasteiger partial charge in [-0.3, -0.25) is 0 Å². The molecule has 1 unspecified atom stereocenters. The lowest BCUT2D eigenvalue weighted by Crippen LogP contribution is -2.28. The van der Waals surface area contributed by atoms with Crippen molar-refractivity contribution in [2.45, 2.75) is 12.1 Å². The summed E-state index contributed by atoms with van der Waals surface area (Å²) in [5.41, 5.74) is 5.04. The van der Waals surface area contributed by atoms with Gasteiger partial charge in [0.25, 0.3) is 0 Å². The molecule has 0 fully saturated rings. The first-order valence-electron chi connectivity index (χ1n) is 4.08. The van der Waals surface area contributed by atoms with Gasteiger partial charge in [-0.15, -0.1) is 0 Å². The number of hydrogen-bond acceptors (Lipinski definition) is 1. The predicted molar refractivity (Wildman–Crippen MR) is 54.3 cm³/mol. The van der Waals surface area contributed by atoms with E-state index in [1.165, 1.54) is 18.2 Å². The largest absolute Gasteiger partial charge is 0.397 e. The maximum atomic E-state index is 12.5.